The van der Waals surface area contributed by atoms with Crippen molar-refractivity contribution in [2.24, 2.45) is 17.4 Å². The average Bonchev–Trinajstić information content (AvgIpc) is 3.05. The number of nitrogens with one attached hydrogen (secondary N) is 7. The van der Waals surface area contributed by atoms with Gasteiger partial charge in [-0.3, -0.25) is 50.0 Å². The maximum Gasteiger partial charge on any atom is 0.338 e. The molecule has 0 bridgehead atoms. The van der Waals surface area contributed by atoms with Crippen molar-refractivity contribution in [1.29, 1.82) is 0 Å². The van der Waals surface area contributed by atoms with Gasteiger partial charge in [-0.1, -0.05) is 32.4 Å². The van der Waals surface area contributed by atoms with E-state index in [1.165, 1.54) is 19.1 Å². The molecule has 20 heteroatoms. The first-order chi connectivity index (χ1) is 23.6. The van der Waals surface area contributed by atoms with Crippen LogP contribution in [0.2, 0.25) is 0 Å². The van der Waals surface area contributed by atoms with E-state index in [0.717, 1.165) is 0 Å². The van der Waals surface area contributed by atoms with E-state index in [1.54, 1.807) is 26.0 Å². The van der Waals surface area contributed by atoms with Gasteiger partial charge in [-0.2, -0.15) is 0 Å². The molecule has 0 saturated heterocycles. The Hall–Kier alpha value is -5.17. The van der Waals surface area contributed by atoms with Gasteiger partial charge in [-0.25, -0.2) is 0 Å². The number of aliphatic hydroxyl groups is 1. The molecule has 0 unspecified atom stereocenters. The van der Waals surface area contributed by atoms with E-state index in [4.69, 9.17) is 16.6 Å². The highest BCUT2D eigenvalue weighted by molar-refractivity contribution is 5.95. The number of benzene rings is 1. The molecule has 0 aliphatic carbocycles. The van der Waals surface area contributed by atoms with E-state index in [-0.39, 0.29) is 56.5 Å². The number of phenols is 1. The number of carboxylic acids is 1. The maximum absolute atomic E-state index is 13.2. The highest BCUT2D eigenvalue weighted by Crippen LogP contribution is 2.13. The number of carboxylic acid groups (broad SMARTS) is 1. The molecular weight excluding hydrogens is 694 g/mol. The molecule has 0 saturated carbocycles. The number of rotatable bonds is 22. The van der Waals surface area contributed by atoms with Crippen LogP contribution in [-0.4, -0.2) is 113 Å². The van der Waals surface area contributed by atoms with Crippen LogP contribution in [0.5, 0.6) is 5.75 Å². The maximum atomic E-state index is 13.2. The summed E-state index contributed by atoms with van der Waals surface area (Å²) in [5, 5.41) is 42.9. The molecule has 1 aromatic carbocycles. The van der Waals surface area contributed by atoms with Crippen LogP contribution in [0.1, 0.15) is 52.0 Å². The normalized spacial score (nSPS) is 13.3. The van der Waals surface area contributed by atoms with Crippen molar-refractivity contribution in [1.82, 2.24) is 31.9 Å². The van der Waals surface area contributed by atoms with Crippen molar-refractivity contribution >= 4 is 47.4 Å². The van der Waals surface area contributed by atoms with Gasteiger partial charge >= 0.3 is 11.9 Å². The summed E-state index contributed by atoms with van der Waals surface area (Å²) in [5.74, 6) is -5.92. The molecule has 0 spiro atoms. The smallest absolute Gasteiger partial charge is 0.338 e. The molecule has 0 aromatic heterocycles. The molecule has 51 heavy (non-hydrogen) atoms. The number of aromatic hydroxyl groups is 1. The van der Waals surface area contributed by atoms with Crippen molar-refractivity contribution in [2.45, 2.75) is 77.0 Å². The van der Waals surface area contributed by atoms with Crippen LogP contribution < -0.4 is 60.8 Å². The largest absolute Gasteiger partial charge is 1.00 e. The molecule has 0 fully saturated rings. The number of hydrogen-bond acceptors (Lipinski definition) is 9. The monoisotopic (exact) mass is 743 g/mol. The highest BCUT2D eigenvalue weighted by atomic mass is 35.5. The van der Waals surface area contributed by atoms with E-state index in [2.05, 4.69) is 36.9 Å². The van der Waals surface area contributed by atoms with Gasteiger partial charge in [0.25, 0.3) is 0 Å². The number of amides is 6. The number of hydrogen-bond donors (Lipinski definition) is 12. The Morgan fingerprint density at radius 2 is 1.47 bits per heavy atom. The zero-order valence-electron chi connectivity index (χ0n) is 28.8. The quantitative estimate of drug-likeness (QED) is 0.0299. The van der Waals surface area contributed by atoms with Crippen LogP contribution in [0.3, 0.4) is 0 Å². The molecule has 6 amide bonds. The summed E-state index contributed by atoms with van der Waals surface area (Å²) >= 11 is 0. The number of aliphatic hydroxyl groups excluding tert-OH is 1. The summed E-state index contributed by atoms with van der Waals surface area (Å²) in [6.07, 6.45) is 0.529. The summed E-state index contributed by atoms with van der Waals surface area (Å²) in [5.41, 5.74) is 11.3. The van der Waals surface area contributed by atoms with Crippen LogP contribution >= 0.6 is 0 Å². The van der Waals surface area contributed by atoms with Crippen molar-refractivity contribution < 1.29 is 66.3 Å². The lowest BCUT2D eigenvalue weighted by Gasteiger charge is -2.26. The minimum Gasteiger partial charge on any atom is -1.00 e. The van der Waals surface area contributed by atoms with Gasteiger partial charge in [0.15, 0.2) is 0 Å². The fourth-order valence-corrected chi connectivity index (χ4v) is 4.49. The lowest BCUT2D eigenvalue weighted by molar-refractivity contribution is -0.459. The Morgan fingerprint density at radius 1 is 0.843 bits per heavy atom. The lowest BCUT2D eigenvalue weighted by Crippen LogP contribution is -3.00. The molecule has 1 aromatic rings. The van der Waals surface area contributed by atoms with Crippen molar-refractivity contribution in [3.05, 3.63) is 29.8 Å². The SMILES string of the molecule is CC[C@H](C)[C@H](NC(=O)[C@H](Cc1ccc(O)cc1)NC(C)=O)C(=O)NCC(=O)N[C@@H](CO)C(=O)N[C@@H](CCC[NH+]=C(N)N)C(=O)NCCC(=O)O.[Cl-]. The molecule has 0 radical (unpaired) electrons. The van der Waals surface area contributed by atoms with Crippen molar-refractivity contribution in [3.8, 4) is 5.75 Å². The van der Waals surface area contributed by atoms with Crippen LogP contribution in [-0.2, 0) is 40.0 Å². The molecule has 0 aliphatic rings. The van der Waals surface area contributed by atoms with Crippen LogP contribution in [0.15, 0.2) is 24.3 Å². The number of carbonyl (C=O) groups is 7. The van der Waals surface area contributed by atoms with Gasteiger partial charge in [-0.05, 0) is 36.5 Å². The van der Waals surface area contributed by atoms with E-state index < -0.39 is 84.6 Å². The standard InChI is InChI=1S/C31H49N9O10.ClH/c1-4-17(2)26(40-28(48)22(37-18(3)42)14-19-7-9-20(43)10-8-19)30(50)36-15-24(44)38-23(16-41)29(49)39-21(6-5-12-35-31(32)33)27(47)34-13-11-25(45)46;/h7-10,17,21-23,26,41,43H,4-6,11-16H2,1-3H3,(H,34,47)(H,36,50)(H,37,42)(H,38,44)(H,39,49)(H,40,48)(H,45,46)(H4,32,33,35);1H/t17-,21-,22-,23-,26-;/m0./s1. The first-order valence-electron chi connectivity index (χ1n) is 16.0. The van der Waals surface area contributed by atoms with Crippen LogP contribution in [0.25, 0.3) is 0 Å². The fourth-order valence-electron chi connectivity index (χ4n) is 4.49. The summed E-state index contributed by atoms with van der Waals surface area (Å²) in [6, 6.07) is 1.17. The molecule has 0 aliphatic heterocycles. The van der Waals surface area contributed by atoms with Crippen LogP contribution in [0, 0.1) is 5.92 Å². The second-order valence-corrected chi connectivity index (χ2v) is 11.5. The Labute approximate surface area is 301 Å². The minimum atomic E-state index is -1.52. The summed E-state index contributed by atoms with van der Waals surface area (Å²) in [4.78, 5) is 90.0. The molecule has 0 heterocycles. The number of aliphatic carboxylic acids is 1. The minimum absolute atomic E-state index is 0. The summed E-state index contributed by atoms with van der Waals surface area (Å²) in [6.45, 7) is 3.28. The zero-order chi connectivity index (χ0) is 37.8. The number of carbonyl (C=O) groups excluding carboxylic acids is 6. The van der Waals surface area contributed by atoms with Gasteiger partial charge in [0.2, 0.25) is 35.4 Å². The third-order valence-electron chi connectivity index (χ3n) is 7.39. The third-order valence-corrected chi connectivity index (χ3v) is 7.39. The molecule has 19 nitrogen and oxygen atoms in total. The zero-order valence-corrected chi connectivity index (χ0v) is 29.5. The Kier molecular flexibility index (Phi) is 21.6. The predicted octanol–water partition coefficient (Wildman–Crippen LogP) is -8.22. The Bertz CT molecular complexity index is 1360. The first kappa shape index (κ1) is 45.8. The number of phenolic OH excluding ortho intramolecular Hbond substituents is 1. The number of guanidine groups is 1. The van der Waals surface area contributed by atoms with Gasteiger partial charge in [0, 0.05) is 19.9 Å². The van der Waals surface area contributed by atoms with Crippen molar-refractivity contribution in [2.75, 3.05) is 26.2 Å². The third kappa shape index (κ3) is 18.4. The first-order valence-corrected chi connectivity index (χ1v) is 16.0. The average molecular weight is 744 g/mol. The number of nitrogens with two attached hydrogens (primary N) is 2. The molecule has 286 valence electrons. The van der Waals surface area contributed by atoms with Crippen LogP contribution in [0.4, 0.5) is 0 Å². The predicted molar refractivity (Wildman–Crippen MR) is 178 cm³/mol. The van der Waals surface area contributed by atoms with E-state index in [9.17, 15) is 43.8 Å². The number of halogens is 1. The molecule has 5 atom stereocenters. The fraction of sp³-hybridized carbons (Fsp3) is 0.548. The second-order valence-electron chi connectivity index (χ2n) is 11.5. The lowest BCUT2D eigenvalue weighted by atomic mass is 9.97. The van der Waals surface area contributed by atoms with E-state index in [0.29, 0.717) is 18.4 Å². The second kappa shape index (κ2) is 24.1. The van der Waals surface area contributed by atoms with E-state index in [1.807, 2.05) is 0 Å². The van der Waals surface area contributed by atoms with E-state index >= 15 is 0 Å². The topological polar surface area (TPSA) is 318 Å². The van der Waals surface area contributed by atoms with Gasteiger partial charge in [-0.15, -0.1) is 0 Å². The van der Waals surface area contributed by atoms with Gasteiger partial charge in [0.05, 0.1) is 26.1 Å². The van der Waals surface area contributed by atoms with Crippen molar-refractivity contribution in [3.63, 3.8) is 0 Å². The summed E-state index contributed by atoms with van der Waals surface area (Å²) in [7, 11) is 0. The molecule has 14 N–H and O–H groups in total. The summed E-state index contributed by atoms with van der Waals surface area (Å²) < 4.78 is 0. The van der Waals surface area contributed by atoms with Gasteiger partial charge in [0.1, 0.15) is 29.9 Å². The highest BCUT2D eigenvalue weighted by Gasteiger charge is 2.31. The Morgan fingerprint density at radius 3 is 2.02 bits per heavy atom. The van der Waals surface area contributed by atoms with Gasteiger partial charge < -0.3 is 59.6 Å². The Balaban J connectivity index is 0.0000250. The molecule has 1 rings (SSSR count). The molecular formula is C31H50ClN9O10.